The Morgan fingerprint density at radius 3 is 3.00 bits per heavy atom. The normalized spacial score (nSPS) is 12.9. The minimum absolute atomic E-state index is 0.473. The first-order chi connectivity index (χ1) is 5.22. The third kappa shape index (κ3) is 2.38. The largest absolute Gasteiger partial charge is 0.389 e. The monoisotopic (exact) mass is 171 g/mol. The fraction of sp³-hybridized carbons (Fsp3) is 0.571. The van der Waals surface area contributed by atoms with Crippen LogP contribution in [-0.2, 0) is 0 Å². The van der Waals surface area contributed by atoms with Gasteiger partial charge in [0.25, 0.3) is 0 Å². The van der Waals surface area contributed by atoms with Crippen molar-refractivity contribution in [1.82, 2.24) is 4.98 Å². The molecule has 0 radical (unpaired) electrons. The molecule has 1 unspecified atom stereocenters. The number of nitrogens with zero attached hydrogens (tertiary/aromatic N) is 1. The molecule has 0 saturated heterocycles. The Kier molecular flexibility index (Phi) is 2.70. The number of hydrogen-bond acceptors (Lipinski definition) is 4. The van der Waals surface area contributed by atoms with Crippen molar-refractivity contribution < 1.29 is 0 Å². The molecule has 0 aliphatic carbocycles. The molecule has 62 valence electrons. The first-order valence-electron chi connectivity index (χ1n) is 3.70. The second-order valence-corrected chi connectivity index (χ2v) is 3.58. The molecule has 3 nitrogen and oxygen atoms in total. The highest BCUT2D eigenvalue weighted by atomic mass is 32.1. The minimum Gasteiger partial charge on any atom is -0.389 e. The summed E-state index contributed by atoms with van der Waals surface area (Å²) in [6.45, 7) is 4.26. The quantitative estimate of drug-likeness (QED) is 0.730. The van der Waals surface area contributed by atoms with Crippen LogP contribution in [-0.4, -0.2) is 11.0 Å². The fourth-order valence-electron chi connectivity index (χ4n) is 0.666. The highest BCUT2D eigenvalue weighted by molar-refractivity contribution is 7.19. The van der Waals surface area contributed by atoms with Crippen molar-refractivity contribution in [3.8, 4) is 0 Å². The Balaban J connectivity index is 2.50. The average Bonchev–Trinajstić information content (AvgIpc) is 2.35. The molecule has 0 saturated carbocycles. The molecule has 4 heteroatoms. The highest BCUT2D eigenvalue weighted by Crippen LogP contribution is 2.20. The van der Waals surface area contributed by atoms with Gasteiger partial charge in [0.1, 0.15) is 5.00 Å². The fourth-order valence-corrected chi connectivity index (χ4v) is 1.36. The second-order valence-electron chi connectivity index (χ2n) is 2.52. The van der Waals surface area contributed by atoms with Crippen molar-refractivity contribution in [3.63, 3.8) is 0 Å². The molecule has 0 aromatic carbocycles. The van der Waals surface area contributed by atoms with Crippen molar-refractivity contribution in [2.24, 2.45) is 0 Å². The lowest BCUT2D eigenvalue weighted by Gasteiger charge is -2.08. The van der Waals surface area contributed by atoms with E-state index in [2.05, 4.69) is 24.1 Å². The van der Waals surface area contributed by atoms with Crippen molar-refractivity contribution in [1.29, 1.82) is 0 Å². The van der Waals surface area contributed by atoms with Gasteiger partial charge in [0.15, 0.2) is 5.13 Å². The summed E-state index contributed by atoms with van der Waals surface area (Å²) in [5, 5.41) is 4.91. The van der Waals surface area contributed by atoms with Crippen LogP contribution in [0.2, 0.25) is 0 Å². The molecule has 0 spiro atoms. The van der Waals surface area contributed by atoms with Gasteiger partial charge in [-0.1, -0.05) is 18.3 Å². The van der Waals surface area contributed by atoms with Crippen molar-refractivity contribution >= 4 is 21.5 Å². The number of rotatable bonds is 3. The van der Waals surface area contributed by atoms with Gasteiger partial charge in [0.05, 0.1) is 6.20 Å². The zero-order valence-electron chi connectivity index (χ0n) is 6.79. The van der Waals surface area contributed by atoms with Gasteiger partial charge in [-0.15, -0.1) is 0 Å². The summed E-state index contributed by atoms with van der Waals surface area (Å²) in [5.41, 5.74) is 5.51. The molecule has 1 aromatic heterocycles. The molecule has 3 N–H and O–H groups in total. The maximum Gasteiger partial charge on any atom is 0.184 e. The molecular formula is C7H13N3S. The lowest BCUT2D eigenvalue weighted by molar-refractivity contribution is 0.763. The second kappa shape index (κ2) is 3.57. The zero-order chi connectivity index (χ0) is 8.27. The Morgan fingerprint density at radius 1 is 1.82 bits per heavy atom. The lowest BCUT2D eigenvalue weighted by atomic mass is 10.3. The first kappa shape index (κ1) is 8.33. The lowest BCUT2D eigenvalue weighted by Crippen LogP contribution is -2.12. The number of nitrogen functional groups attached to an aromatic ring is 1. The summed E-state index contributed by atoms with van der Waals surface area (Å²) < 4.78 is 0. The van der Waals surface area contributed by atoms with E-state index < -0.39 is 0 Å². The molecule has 0 bridgehead atoms. The van der Waals surface area contributed by atoms with E-state index in [0.29, 0.717) is 6.04 Å². The van der Waals surface area contributed by atoms with Crippen LogP contribution in [0.1, 0.15) is 20.3 Å². The maximum absolute atomic E-state index is 5.51. The number of nitrogens with one attached hydrogen (secondary N) is 1. The van der Waals surface area contributed by atoms with Crippen LogP contribution in [0, 0.1) is 0 Å². The maximum atomic E-state index is 5.51. The Labute approximate surface area is 70.6 Å². The number of hydrogen-bond donors (Lipinski definition) is 2. The van der Waals surface area contributed by atoms with Crippen LogP contribution in [0.5, 0.6) is 0 Å². The number of thiazole rings is 1. The molecule has 0 aliphatic heterocycles. The summed E-state index contributed by atoms with van der Waals surface area (Å²) in [4.78, 5) is 4.09. The van der Waals surface area contributed by atoms with Crippen molar-refractivity contribution in [3.05, 3.63) is 6.20 Å². The summed E-state index contributed by atoms with van der Waals surface area (Å²) in [5.74, 6) is 0. The average molecular weight is 171 g/mol. The van der Waals surface area contributed by atoms with Gasteiger partial charge >= 0.3 is 0 Å². The zero-order valence-corrected chi connectivity index (χ0v) is 7.61. The van der Waals surface area contributed by atoms with Gasteiger partial charge in [0.2, 0.25) is 0 Å². The van der Waals surface area contributed by atoms with Gasteiger partial charge < -0.3 is 11.1 Å². The molecule has 0 amide bonds. The van der Waals surface area contributed by atoms with Crippen LogP contribution >= 0.6 is 11.3 Å². The van der Waals surface area contributed by atoms with Gasteiger partial charge in [-0.25, -0.2) is 4.98 Å². The van der Waals surface area contributed by atoms with E-state index in [9.17, 15) is 0 Å². The molecular weight excluding hydrogens is 158 g/mol. The molecule has 1 rings (SSSR count). The van der Waals surface area contributed by atoms with E-state index in [0.717, 1.165) is 16.6 Å². The Morgan fingerprint density at radius 2 is 2.55 bits per heavy atom. The number of anilines is 2. The highest BCUT2D eigenvalue weighted by Gasteiger charge is 2.01. The van der Waals surface area contributed by atoms with E-state index in [4.69, 9.17) is 5.73 Å². The third-order valence-corrected chi connectivity index (χ3v) is 2.26. The number of aromatic nitrogens is 1. The van der Waals surface area contributed by atoms with Crippen molar-refractivity contribution in [2.45, 2.75) is 26.3 Å². The number of nitrogens with two attached hydrogens (primary N) is 1. The van der Waals surface area contributed by atoms with Crippen LogP contribution in [0.4, 0.5) is 10.1 Å². The smallest absolute Gasteiger partial charge is 0.184 e. The van der Waals surface area contributed by atoms with Crippen LogP contribution in [0.25, 0.3) is 0 Å². The SMILES string of the molecule is CCC(C)Nc1ncc(N)s1. The van der Waals surface area contributed by atoms with Gasteiger partial charge in [-0.05, 0) is 13.3 Å². The standard InChI is InChI=1S/C7H13N3S/c1-3-5(2)10-7-9-4-6(8)11-7/h4-5H,3,8H2,1-2H3,(H,9,10). The Bertz CT molecular complexity index is 221. The summed E-state index contributed by atoms with van der Waals surface area (Å²) in [7, 11) is 0. The van der Waals surface area contributed by atoms with E-state index in [-0.39, 0.29) is 0 Å². The van der Waals surface area contributed by atoms with Crippen molar-refractivity contribution in [2.75, 3.05) is 11.1 Å². The van der Waals surface area contributed by atoms with E-state index in [1.54, 1.807) is 6.20 Å². The molecule has 11 heavy (non-hydrogen) atoms. The molecule has 0 fully saturated rings. The third-order valence-electron chi connectivity index (χ3n) is 1.51. The van der Waals surface area contributed by atoms with Gasteiger partial charge in [-0.2, -0.15) is 0 Å². The molecule has 1 atom stereocenters. The van der Waals surface area contributed by atoms with Crippen LogP contribution in [0.3, 0.4) is 0 Å². The Hall–Kier alpha value is -0.770. The first-order valence-corrected chi connectivity index (χ1v) is 4.52. The van der Waals surface area contributed by atoms with E-state index in [1.807, 2.05) is 0 Å². The summed E-state index contributed by atoms with van der Waals surface area (Å²) >= 11 is 1.49. The summed E-state index contributed by atoms with van der Waals surface area (Å²) in [6, 6.07) is 0.473. The van der Waals surface area contributed by atoms with Crippen LogP contribution < -0.4 is 11.1 Å². The van der Waals surface area contributed by atoms with E-state index in [1.165, 1.54) is 11.3 Å². The molecule has 0 aliphatic rings. The van der Waals surface area contributed by atoms with Gasteiger partial charge in [0, 0.05) is 6.04 Å². The molecule has 1 aromatic rings. The summed E-state index contributed by atoms with van der Waals surface area (Å²) in [6.07, 6.45) is 2.77. The van der Waals surface area contributed by atoms with Crippen LogP contribution in [0.15, 0.2) is 6.20 Å². The van der Waals surface area contributed by atoms with Gasteiger partial charge in [-0.3, -0.25) is 0 Å². The molecule has 1 heterocycles. The predicted molar refractivity (Wildman–Crippen MR) is 49.9 cm³/mol. The predicted octanol–water partition coefficient (Wildman–Crippen LogP) is 1.94. The topological polar surface area (TPSA) is 50.9 Å². The minimum atomic E-state index is 0.473. The van der Waals surface area contributed by atoms with E-state index >= 15 is 0 Å².